The highest BCUT2D eigenvalue weighted by Gasteiger charge is 2.21. The van der Waals surface area contributed by atoms with E-state index in [1.807, 2.05) is 12.1 Å². The zero-order chi connectivity index (χ0) is 19.6. The van der Waals surface area contributed by atoms with Crippen LogP contribution in [0.1, 0.15) is 31.4 Å². The molecule has 0 aromatic heterocycles. The molecule has 1 fully saturated rings. The van der Waals surface area contributed by atoms with Gasteiger partial charge in [-0.15, -0.1) is 24.0 Å². The lowest BCUT2D eigenvalue weighted by atomic mass is 10.1. The summed E-state index contributed by atoms with van der Waals surface area (Å²) in [5, 5.41) is 3.39. The molecule has 0 amide bonds. The molecule has 160 valence electrons. The summed E-state index contributed by atoms with van der Waals surface area (Å²) in [5.74, 6) is 2.61. The van der Waals surface area contributed by atoms with Crippen LogP contribution in [0.15, 0.2) is 29.3 Å². The summed E-state index contributed by atoms with van der Waals surface area (Å²) in [6, 6.07) is 8.45. The van der Waals surface area contributed by atoms with Crippen molar-refractivity contribution >= 4 is 29.9 Å². The fourth-order valence-corrected chi connectivity index (χ4v) is 2.88. The zero-order valence-electron chi connectivity index (χ0n) is 18.0. The molecule has 1 N–H and O–H groups in total. The van der Waals surface area contributed by atoms with Gasteiger partial charge in [-0.1, -0.05) is 12.1 Å². The van der Waals surface area contributed by atoms with Crippen LogP contribution in [0.2, 0.25) is 0 Å². The van der Waals surface area contributed by atoms with Gasteiger partial charge in [0, 0.05) is 26.7 Å². The molecule has 1 unspecified atom stereocenters. The minimum Gasteiger partial charge on any atom is -0.497 e. The molecular weight excluding hydrogens is 467 g/mol. The minimum atomic E-state index is 0. The lowest BCUT2D eigenvalue weighted by Crippen LogP contribution is -2.41. The maximum absolute atomic E-state index is 5.77. The van der Waals surface area contributed by atoms with Gasteiger partial charge in [0.2, 0.25) is 0 Å². The van der Waals surface area contributed by atoms with Gasteiger partial charge >= 0.3 is 0 Å². The molecule has 1 aliphatic rings. The normalized spacial score (nSPS) is 15.1. The van der Waals surface area contributed by atoms with Crippen LogP contribution in [0.5, 0.6) is 5.75 Å². The van der Waals surface area contributed by atoms with Crippen molar-refractivity contribution < 1.29 is 9.47 Å². The monoisotopic (exact) mass is 504 g/mol. The van der Waals surface area contributed by atoms with E-state index in [0.29, 0.717) is 6.54 Å². The van der Waals surface area contributed by atoms with E-state index < -0.39 is 0 Å². The lowest BCUT2D eigenvalue weighted by molar-refractivity contribution is 0.115. The van der Waals surface area contributed by atoms with Crippen molar-refractivity contribution in [3.8, 4) is 5.75 Å². The number of methoxy groups -OCH3 is 1. The Morgan fingerprint density at radius 1 is 1.21 bits per heavy atom. The second-order valence-electron chi connectivity index (χ2n) is 7.39. The van der Waals surface area contributed by atoms with E-state index >= 15 is 0 Å². The summed E-state index contributed by atoms with van der Waals surface area (Å²) in [7, 11) is 7.94. The first-order valence-electron chi connectivity index (χ1n) is 9.92. The number of benzene rings is 1. The highest BCUT2D eigenvalue weighted by atomic mass is 127. The molecule has 6 nitrogen and oxygen atoms in total. The SMILES string of the molecule is CCNC(=NCC(c1ccc(OC)cc1)N(C)C)N(C)CCOCC1CC1.I. The van der Waals surface area contributed by atoms with Crippen LogP contribution < -0.4 is 10.1 Å². The average Bonchev–Trinajstić information content (AvgIpc) is 3.49. The maximum atomic E-state index is 5.77. The van der Waals surface area contributed by atoms with Gasteiger partial charge in [0.1, 0.15) is 5.75 Å². The van der Waals surface area contributed by atoms with Crippen LogP contribution in [-0.4, -0.2) is 76.9 Å². The van der Waals surface area contributed by atoms with Crippen LogP contribution in [0.4, 0.5) is 0 Å². The first kappa shape index (κ1) is 25.0. The maximum Gasteiger partial charge on any atom is 0.193 e. The molecular formula is C21H37IN4O2. The molecule has 1 aromatic carbocycles. The fourth-order valence-electron chi connectivity index (χ4n) is 2.88. The van der Waals surface area contributed by atoms with Crippen molar-refractivity contribution in [3.05, 3.63) is 29.8 Å². The number of ether oxygens (including phenoxy) is 2. The van der Waals surface area contributed by atoms with E-state index in [0.717, 1.165) is 43.9 Å². The van der Waals surface area contributed by atoms with Crippen molar-refractivity contribution in [1.82, 2.24) is 15.1 Å². The third-order valence-electron chi connectivity index (χ3n) is 4.86. The van der Waals surface area contributed by atoms with E-state index in [1.165, 1.54) is 18.4 Å². The lowest BCUT2D eigenvalue weighted by Gasteiger charge is -2.26. The number of rotatable bonds is 11. The number of guanidine groups is 1. The summed E-state index contributed by atoms with van der Waals surface area (Å²) in [6.07, 6.45) is 2.66. The van der Waals surface area contributed by atoms with Crippen LogP contribution >= 0.6 is 24.0 Å². The van der Waals surface area contributed by atoms with E-state index in [1.54, 1.807) is 7.11 Å². The quantitative estimate of drug-likeness (QED) is 0.217. The van der Waals surface area contributed by atoms with E-state index in [2.05, 4.69) is 55.3 Å². The average molecular weight is 504 g/mol. The third kappa shape index (κ3) is 8.53. The summed E-state index contributed by atoms with van der Waals surface area (Å²) in [4.78, 5) is 9.24. The molecule has 1 aliphatic carbocycles. The van der Waals surface area contributed by atoms with Crippen molar-refractivity contribution in [2.24, 2.45) is 10.9 Å². The highest BCUT2D eigenvalue weighted by molar-refractivity contribution is 14.0. The zero-order valence-corrected chi connectivity index (χ0v) is 20.3. The molecule has 0 bridgehead atoms. The predicted molar refractivity (Wildman–Crippen MR) is 127 cm³/mol. The minimum absolute atomic E-state index is 0. The molecule has 1 atom stereocenters. The van der Waals surface area contributed by atoms with Crippen molar-refractivity contribution in [2.45, 2.75) is 25.8 Å². The first-order chi connectivity index (χ1) is 13.0. The van der Waals surface area contributed by atoms with E-state index in [4.69, 9.17) is 14.5 Å². The van der Waals surface area contributed by atoms with Crippen LogP contribution in [-0.2, 0) is 4.74 Å². The molecule has 2 rings (SSSR count). The van der Waals surface area contributed by atoms with Gasteiger partial charge in [0.05, 0.1) is 26.3 Å². The van der Waals surface area contributed by atoms with Gasteiger partial charge < -0.3 is 24.6 Å². The summed E-state index contributed by atoms with van der Waals surface area (Å²) in [5.41, 5.74) is 1.23. The number of nitrogens with one attached hydrogen (secondary N) is 1. The molecule has 0 radical (unpaired) electrons. The number of aliphatic imine (C=N–C) groups is 1. The first-order valence-corrected chi connectivity index (χ1v) is 9.92. The molecule has 0 aliphatic heterocycles. The molecule has 7 heteroatoms. The fraction of sp³-hybridized carbons (Fsp3) is 0.667. The Morgan fingerprint density at radius 2 is 1.89 bits per heavy atom. The summed E-state index contributed by atoms with van der Waals surface area (Å²) in [6.45, 7) is 6.12. The topological polar surface area (TPSA) is 49.3 Å². The van der Waals surface area contributed by atoms with Gasteiger partial charge in [-0.05, 0) is 57.5 Å². The van der Waals surface area contributed by atoms with Crippen LogP contribution in [0.25, 0.3) is 0 Å². The largest absolute Gasteiger partial charge is 0.497 e. The Hall–Kier alpha value is -1.06. The van der Waals surface area contributed by atoms with Crippen LogP contribution in [0, 0.1) is 5.92 Å². The summed E-state index contributed by atoms with van der Waals surface area (Å²) < 4.78 is 11.0. The van der Waals surface area contributed by atoms with Gasteiger partial charge in [-0.3, -0.25) is 4.99 Å². The Morgan fingerprint density at radius 3 is 2.43 bits per heavy atom. The number of likely N-dealkylation sites (N-methyl/N-ethyl adjacent to an activating group) is 2. The standard InChI is InChI=1S/C21H36N4O2.HI/c1-6-22-21(25(4)13-14-27-16-17-7-8-17)23-15-20(24(2)3)18-9-11-19(26-5)12-10-18;/h9-12,17,20H,6-8,13-16H2,1-5H3,(H,22,23);1H. The number of halogens is 1. The predicted octanol–water partition coefficient (Wildman–Crippen LogP) is 3.24. The van der Waals surface area contributed by atoms with Gasteiger partial charge in [-0.2, -0.15) is 0 Å². The molecule has 0 saturated heterocycles. The smallest absolute Gasteiger partial charge is 0.193 e. The van der Waals surface area contributed by atoms with E-state index in [-0.39, 0.29) is 30.0 Å². The van der Waals surface area contributed by atoms with E-state index in [9.17, 15) is 0 Å². The van der Waals surface area contributed by atoms with Crippen LogP contribution in [0.3, 0.4) is 0 Å². The molecule has 0 spiro atoms. The van der Waals surface area contributed by atoms with Crippen molar-refractivity contribution in [2.75, 3.05) is 61.1 Å². The van der Waals surface area contributed by atoms with Gasteiger partial charge in [0.25, 0.3) is 0 Å². The molecule has 28 heavy (non-hydrogen) atoms. The number of hydrogen-bond acceptors (Lipinski definition) is 4. The number of hydrogen-bond donors (Lipinski definition) is 1. The third-order valence-corrected chi connectivity index (χ3v) is 4.86. The second kappa shape index (κ2) is 13.2. The second-order valence-corrected chi connectivity index (χ2v) is 7.39. The Balaban J connectivity index is 0.00000392. The van der Waals surface area contributed by atoms with Crippen molar-refractivity contribution in [3.63, 3.8) is 0 Å². The Kier molecular flexibility index (Phi) is 11.8. The Bertz CT molecular complexity index is 576. The molecule has 1 aromatic rings. The van der Waals surface area contributed by atoms with Gasteiger partial charge in [-0.25, -0.2) is 0 Å². The number of nitrogens with zero attached hydrogens (tertiary/aromatic N) is 3. The van der Waals surface area contributed by atoms with Crippen molar-refractivity contribution in [1.29, 1.82) is 0 Å². The Labute approximate surface area is 187 Å². The summed E-state index contributed by atoms with van der Waals surface area (Å²) >= 11 is 0. The molecule has 1 saturated carbocycles. The molecule has 0 heterocycles. The highest BCUT2D eigenvalue weighted by Crippen LogP contribution is 2.28. The van der Waals surface area contributed by atoms with Gasteiger partial charge in [0.15, 0.2) is 5.96 Å².